The molecule has 0 saturated carbocycles. The molecule has 3 nitrogen and oxygen atoms in total. The lowest BCUT2D eigenvalue weighted by Gasteiger charge is -2.23. The summed E-state index contributed by atoms with van der Waals surface area (Å²) in [5, 5.41) is 0. The first-order valence-corrected chi connectivity index (χ1v) is 7.53. The van der Waals surface area contributed by atoms with E-state index >= 15 is 0 Å². The predicted molar refractivity (Wildman–Crippen MR) is 70.7 cm³/mol. The van der Waals surface area contributed by atoms with E-state index in [2.05, 4.69) is 0 Å². The van der Waals surface area contributed by atoms with Crippen molar-refractivity contribution in [2.45, 2.75) is 37.1 Å². The van der Waals surface area contributed by atoms with Crippen LogP contribution in [0.15, 0.2) is 29.2 Å². The van der Waals surface area contributed by atoms with E-state index in [0.29, 0.717) is 10.8 Å². The third kappa shape index (κ3) is 3.21. The van der Waals surface area contributed by atoms with Gasteiger partial charge in [-0.2, -0.15) is 4.31 Å². The molecule has 0 N–H and O–H groups in total. The number of sulfonamides is 1. The Hall–Kier alpha value is -0.580. The summed E-state index contributed by atoms with van der Waals surface area (Å²) in [6, 6.07) is 6.75. The third-order valence-corrected chi connectivity index (χ3v) is 5.22. The topological polar surface area (TPSA) is 37.4 Å². The molecule has 1 unspecified atom stereocenters. The maximum Gasteiger partial charge on any atom is 0.243 e. The van der Waals surface area contributed by atoms with Gasteiger partial charge in [0.1, 0.15) is 0 Å². The summed E-state index contributed by atoms with van der Waals surface area (Å²) in [5.41, 5.74) is 0.810. The highest BCUT2D eigenvalue weighted by Gasteiger charge is 2.24. The number of benzene rings is 1. The Balaban J connectivity index is 3.12. The zero-order chi connectivity index (χ0) is 13.1. The molecule has 0 aromatic heterocycles. The first-order valence-electron chi connectivity index (χ1n) is 5.56. The molecule has 0 aliphatic carbocycles. The number of halogens is 1. The second-order valence-electron chi connectivity index (χ2n) is 4.06. The minimum atomic E-state index is -3.41. The van der Waals surface area contributed by atoms with Gasteiger partial charge in [-0.1, -0.05) is 19.1 Å². The van der Waals surface area contributed by atoms with Crippen molar-refractivity contribution in [1.82, 2.24) is 4.31 Å². The number of hydrogen-bond acceptors (Lipinski definition) is 2. The molecule has 0 spiro atoms. The quantitative estimate of drug-likeness (QED) is 0.775. The van der Waals surface area contributed by atoms with Gasteiger partial charge in [-0.05, 0) is 31.0 Å². The van der Waals surface area contributed by atoms with Crippen LogP contribution in [0, 0.1) is 0 Å². The SMILES string of the molecule is CCC(C)N(C)S(=O)(=O)c1cccc(CCl)c1. The molecule has 0 aliphatic rings. The summed E-state index contributed by atoms with van der Waals surface area (Å²) in [5.74, 6) is 0.316. The summed E-state index contributed by atoms with van der Waals surface area (Å²) in [7, 11) is -1.80. The fourth-order valence-corrected chi connectivity index (χ4v) is 3.12. The molecule has 0 heterocycles. The van der Waals surface area contributed by atoms with E-state index in [1.54, 1.807) is 25.2 Å². The lowest BCUT2D eigenvalue weighted by atomic mass is 10.2. The highest BCUT2D eigenvalue weighted by molar-refractivity contribution is 7.89. The Kier molecular flexibility index (Phi) is 4.98. The molecule has 96 valence electrons. The number of hydrogen-bond donors (Lipinski definition) is 0. The molecule has 0 saturated heterocycles. The molecule has 0 aliphatic heterocycles. The molecule has 5 heteroatoms. The van der Waals surface area contributed by atoms with Gasteiger partial charge in [0.05, 0.1) is 4.90 Å². The van der Waals surface area contributed by atoms with E-state index in [1.165, 1.54) is 4.31 Å². The van der Waals surface area contributed by atoms with Crippen molar-refractivity contribution >= 4 is 21.6 Å². The minimum Gasteiger partial charge on any atom is -0.207 e. The van der Waals surface area contributed by atoms with Crippen molar-refractivity contribution in [3.63, 3.8) is 0 Å². The largest absolute Gasteiger partial charge is 0.243 e. The molecular formula is C12H18ClNO2S. The van der Waals surface area contributed by atoms with Crippen LogP contribution in [-0.2, 0) is 15.9 Å². The van der Waals surface area contributed by atoms with Crippen molar-refractivity contribution < 1.29 is 8.42 Å². The van der Waals surface area contributed by atoms with E-state index in [1.807, 2.05) is 19.9 Å². The fraction of sp³-hybridized carbons (Fsp3) is 0.500. The molecule has 1 rings (SSSR count). The maximum atomic E-state index is 12.3. The molecule has 0 radical (unpaired) electrons. The molecule has 0 fully saturated rings. The standard InChI is InChI=1S/C12H18ClNO2S/c1-4-10(2)14(3)17(15,16)12-7-5-6-11(8-12)9-13/h5-8,10H,4,9H2,1-3H3. The van der Waals surface area contributed by atoms with Gasteiger partial charge < -0.3 is 0 Å². The Morgan fingerprint density at radius 3 is 2.59 bits per heavy atom. The lowest BCUT2D eigenvalue weighted by molar-refractivity contribution is 0.380. The maximum absolute atomic E-state index is 12.3. The fourth-order valence-electron chi connectivity index (χ4n) is 1.45. The zero-order valence-corrected chi connectivity index (χ0v) is 11.9. The average molecular weight is 276 g/mol. The summed E-state index contributed by atoms with van der Waals surface area (Å²) in [6.07, 6.45) is 0.783. The number of rotatable bonds is 5. The summed E-state index contributed by atoms with van der Waals surface area (Å²) in [4.78, 5) is 0.304. The van der Waals surface area contributed by atoms with Crippen LogP contribution in [0.4, 0.5) is 0 Å². The highest BCUT2D eigenvalue weighted by atomic mass is 35.5. The van der Waals surface area contributed by atoms with Gasteiger partial charge in [0.15, 0.2) is 0 Å². The highest BCUT2D eigenvalue weighted by Crippen LogP contribution is 2.19. The van der Waals surface area contributed by atoms with Crippen LogP contribution in [-0.4, -0.2) is 25.8 Å². The van der Waals surface area contributed by atoms with Gasteiger partial charge in [0, 0.05) is 19.0 Å². The van der Waals surface area contributed by atoms with Gasteiger partial charge in [-0.3, -0.25) is 0 Å². The first kappa shape index (κ1) is 14.5. The van der Waals surface area contributed by atoms with Crippen molar-refractivity contribution in [3.8, 4) is 0 Å². The van der Waals surface area contributed by atoms with Crippen LogP contribution in [0.25, 0.3) is 0 Å². The number of nitrogens with zero attached hydrogens (tertiary/aromatic N) is 1. The van der Waals surface area contributed by atoms with Crippen molar-refractivity contribution in [2.24, 2.45) is 0 Å². The van der Waals surface area contributed by atoms with Gasteiger partial charge in [0.2, 0.25) is 10.0 Å². The predicted octanol–water partition coefficient (Wildman–Crippen LogP) is 2.84. The second-order valence-corrected chi connectivity index (χ2v) is 6.32. The monoisotopic (exact) mass is 275 g/mol. The molecule has 17 heavy (non-hydrogen) atoms. The summed E-state index contributed by atoms with van der Waals surface area (Å²) < 4.78 is 26.0. The Bertz CT molecular complexity index is 473. The first-order chi connectivity index (χ1) is 7.93. The molecule has 0 amide bonds. The van der Waals surface area contributed by atoms with E-state index in [9.17, 15) is 8.42 Å². The summed E-state index contributed by atoms with van der Waals surface area (Å²) in [6.45, 7) is 3.86. The normalized spacial score (nSPS) is 13.9. The van der Waals surface area contributed by atoms with Gasteiger partial charge >= 0.3 is 0 Å². The van der Waals surface area contributed by atoms with Crippen LogP contribution in [0.3, 0.4) is 0 Å². The van der Waals surface area contributed by atoms with Crippen LogP contribution in [0.5, 0.6) is 0 Å². The van der Waals surface area contributed by atoms with E-state index in [-0.39, 0.29) is 6.04 Å². The Morgan fingerprint density at radius 2 is 2.06 bits per heavy atom. The van der Waals surface area contributed by atoms with E-state index in [0.717, 1.165) is 12.0 Å². The third-order valence-electron chi connectivity index (χ3n) is 2.94. The van der Waals surface area contributed by atoms with Gasteiger partial charge in [0.25, 0.3) is 0 Å². The Labute approximate surface area is 108 Å². The number of alkyl halides is 1. The van der Waals surface area contributed by atoms with Crippen molar-refractivity contribution in [3.05, 3.63) is 29.8 Å². The van der Waals surface area contributed by atoms with Gasteiger partial charge in [-0.15, -0.1) is 11.6 Å². The van der Waals surface area contributed by atoms with E-state index < -0.39 is 10.0 Å². The summed E-state index contributed by atoms with van der Waals surface area (Å²) >= 11 is 5.71. The van der Waals surface area contributed by atoms with Crippen LogP contribution in [0.1, 0.15) is 25.8 Å². The molecular weight excluding hydrogens is 258 g/mol. The molecule has 1 aromatic carbocycles. The van der Waals surface area contributed by atoms with Crippen LogP contribution in [0.2, 0.25) is 0 Å². The van der Waals surface area contributed by atoms with Crippen molar-refractivity contribution in [1.29, 1.82) is 0 Å². The van der Waals surface area contributed by atoms with Crippen molar-refractivity contribution in [2.75, 3.05) is 7.05 Å². The lowest BCUT2D eigenvalue weighted by Crippen LogP contribution is -2.34. The van der Waals surface area contributed by atoms with E-state index in [4.69, 9.17) is 11.6 Å². The average Bonchev–Trinajstić information content (AvgIpc) is 2.36. The van der Waals surface area contributed by atoms with Gasteiger partial charge in [-0.25, -0.2) is 8.42 Å². The molecule has 1 aromatic rings. The second kappa shape index (κ2) is 5.85. The zero-order valence-electron chi connectivity index (χ0n) is 10.4. The van der Waals surface area contributed by atoms with Crippen LogP contribution >= 0.6 is 11.6 Å². The Morgan fingerprint density at radius 1 is 1.41 bits per heavy atom. The van der Waals surface area contributed by atoms with Crippen LogP contribution < -0.4 is 0 Å². The molecule has 1 atom stereocenters. The minimum absolute atomic E-state index is 0.0142. The smallest absolute Gasteiger partial charge is 0.207 e. The molecule has 0 bridgehead atoms.